The van der Waals surface area contributed by atoms with E-state index in [9.17, 15) is 9.59 Å². The molecule has 0 saturated carbocycles. The Kier molecular flexibility index (Phi) is 4.58. The Morgan fingerprint density at radius 1 is 1.07 bits per heavy atom. The molecule has 2 amide bonds. The van der Waals surface area contributed by atoms with Crippen LogP contribution in [0, 0.1) is 6.92 Å². The Bertz CT molecular complexity index is 975. The number of hydrogen-bond donors (Lipinski definition) is 0. The molecule has 7 nitrogen and oxygen atoms in total. The van der Waals surface area contributed by atoms with E-state index in [1.807, 2.05) is 18.2 Å². The van der Waals surface area contributed by atoms with Crippen LogP contribution in [0.1, 0.15) is 21.9 Å². The van der Waals surface area contributed by atoms with Crippen molar-refractivity contribution in [2.24, 2.45) is 0 Å². The Morgan fingerprint density at radius 2 is 1.85 bits per heavy atom. The summed E-state index contributed by atoms with van der Waals surface area (Å²) in [6, 6.07) is 10.9. The second-order valence-electron chi connectivity index (χ2n) is 6.60. The summed E-state index contributed by atoms with van der Waals surface area (Å²) in [7, 11) is 0. The summed E-state index contributed by atoms with van der Waals surface area (Å²) in [6.07, 6.45) is 1.92. The Hall–Kier alpha value is -3.22. The highest BCUT2D eigenvalue weighted by atomic mass is 16.3. The third kappa shape index (κ3) is 3.67. The number of rotatable bonds is 3. The Labute approximate surface area is 156 Å². The Morgan fingerprint density at radius 3 is 2.59 bits per heavy atom. The minimum absolute atomic E-state index is 0.0514. The van der Waals surface area contributed by atoms with Gasteiger partial charge in [0, 0.05) is 39.3 Å². The zero-order valence-corrected chi connectivity index (χ0v) is 15.1. The number of carbonyl (C=O) groups excluding carboxylic acids is 2. The van der Waals surface area contributed by atoms with Gasteiger partial charge in [0.25, 0.3) is 5.91 Å². The predicted molar refractivity (Wildman–Crippen MR) is 99.2 cm³/mol. The molecule has 7 heteroatoms. The molecule has 0 bridgehead atoms. The highest BCUT2D eigenvalue weighted by Gasteiger charge is 2.25. The summed E-state index contributed by atoms with van der Waals surface area (Å²) in [5.74, 6) is 0.575. The number of hydrogen-bond acceptors (Lipinski definition) is 5. The molecule has 1 aliphatic rings. The average Bonchev–Trinajstić information content (AvgIpc) is 3.07. The molecular formula is C20H20N4O3. The molecule has 3 heterocycles. The van der Waals surface area contributed by atoms with E-state index in [1.165, 1.54) is 0 Å². The molecule has 0 spiro atoms. The first kappa shape index (κ1) is 17.2. The molecule has 27 heavy (non-hydrogen) atoms. The number of aryl methyl sites for hydroxylation is 1. The molecule has 0 radical (unpaired) electrons. The first-order valence-corrected chi connectivity index (χ1v) is 8.94. The smallest absolute Gasteiger partial charge is 0.272 e. The zero-order chi connectivity index (χ0) is 18.8. The number of carbonyl (C=O) groups is 2. The minimum atomic E-state index is -0.0890. The average molecular weight is 364 g/mol. The van der Waals surface area contributed by atoms with Gasteiger partial charge in [-0.15, -0.1) is 0 Å². The standard InChI is InChI=1S/C20H20N4O3/c1-14-22-16-6-5-15(12-18(16)27-14)13-19(25)23-8-10-24(11-9-23)20(26)17-4-2-3-7-21-17/h2-7,12H,8-11,13H2,1H3. The predicted octanol–water partition coefficient (Wildman–Crippen LogP) is 2.06. The lowest BCUT2D eigenvalue weighted by Crippen LogP contribution is -2.51. The molecular weight excluding hydrogens is 344 g/mol. The molecule has 0 unspecified atom stereocenters. The van der Waals surface area contributed by atoms with Gasteiger partial charge in [0.05, 0.1) is 6.42 Å². The lowest BCUT2D eigenvalue weighted by Gasteiger charge is -2.34. The van der Waals surface area contributed by atoms with Crippen LogP contribution in [0.4, 0.5) is 0 Å². The second-order valence-corrected chi connectivity index (χ2v) is 6.60. The van der Waals surface area contributed by atoms with Gasteiger partial charge in [-0.05, 0) is 29.8 Å². The maximum Gasteiger partial charge on any atom is 0.272 e. The van der Waals surface area contributed by atoms with Gasteiger partial charge in [0.1, 0.15) is 11.2 Å². The maximum atomic E-state index is 12.6. The molecule has 1 fully saturated rings. The fraction of sp³-hybridized carbons (Fsp3) is 0.300. The van der Waals surface area contributed by atoms with Crippen LogP contribution in [0.5, 0.6) is 0 Å². The van der Waals surface area contributed by atoms with E-state index in [4.69, 9.17) is 4.42 Å². The molecule has 3 aromatic rings. The van der Waals surface area contributed by atoms with Crippen molar-refractivity contribution in [2.45, 2.75) is 13.3 Å². The number of pyridine rings is 1. The van der Waals surface area contributed by atoms with Crippen LogP contribution < -0.4 is 0 Å². The highest BCUT2D eigenvalue weighted by Crippen LogP contribution is 2.18. The monoisotopic (exact) mass is 364 g/mol. The third-order valence-electron chi connectivity index (χ3n) is 4.72. The first-order chi connectivity index (χ1) is 13.1. The number of aromatic nitrogens is 2. The van der Waals surface area contributed by atoms with Gasteiger partial charge in [-0.25, -0.2) is 4.98 Å². The first-order valence-electron chi connectivity index (χ1n) is 8.94. The van der Waals surface area contributed by atoms with Gasteiger partial charge < -0.3 is 14.2 Å². The number of piperazine rings is 1. The van der Waals surface area contributed by atoms with Crippen molar-refractivity contribution in [3.63, 3.8) is 0 Å². The lowest BCUT2D eigenvalue weighted by atomic mass is 10.1. The molecule has 1 saturated heterocycles. The van der Waals surface area contributed by atoms with Crippen molar-refractivity contribution in [3.05, 3.63) is 59.7 Å². The maximum absolute atomic E-state index is 12.6. The van der Waals surface area contributed by atoms with E-state index in [0.717, 1.165) is 11.1 Å². The molecule has 4 rings (SSSR count). The van der Waals surface area contributed by atoms with Crippen LogP contribution in [-0.2, 0) is 11.2 Å². The van der Waals surface area contributed by atoms with Crippen molar-refractivity contribution in [3.8, 4) is 0 Å². The van der Waals surface area contributed by atoms with Gasteiger partial charge in [-0.3, -0.25) is 14.6 Å². The Balaban J connectivity index is 1.36. The molecule has 0 aliphatic carbocycles. The SMILES string of the molecule is Cc1nc2ccc(CC(=O)N3CCN(C(=O)c4ccccn4)CC3)cc2o1. The largest absolute Gasteiger partial charge is 0.441 e. The number of fused-ring (bicyclic) bond motifs is 1. The van der Waals surface area contributed by atoms with E-state index in [-0.39, 0.29) is 11.8 Å². The number of benzene rings is 1. The van der Waals surface area contributed by atoms with Gasteiger partial charge in [0.15, 0.2) is 11.5 Å². The van der Waals surface area contributed by atoms with Crippen LogP contribution in [0.15, 0.2) is 47.0 Å². The topological polar surface area (TPSA) is 79.5 Å². The summed E-state index contributed by atoms with van der Waals surface area (Å²) >= 11 is 0. The minimum Gasteiger partial charge on any atom is -0.441 e. The van der Waals surface area contributed by atoms with E-state index < -0.39 is 0 Å². The fourth-order valence-electron chi connectivity index (χ4n) is 3.29. The molecule has 2 aromatic heterocycles. The van der Waals surface area contributed by atoms with Crippen molar-refractivity contribution >= 4 is 22.9 Å². The molecule has 138 valence electrons. The van der Waals surface area contributed by atoms with Gasteiger partial charge in [-0.1, -0.05) is 12.1 Å². The van der Waals surface area contributed by atoms with Gasteiger partial charge >= 0.3 is 0 Å². The summed E-state index contributed by atoms with van der Waals surface area (Å²) in [6.45, 7) is 3.89. The van der Waals surface area contributed by atoms with E-state index >= 15 is 0 Å². The van der Waals surface area contributed by atoms with Crippen LogP contribution in [0.25, 0.3) is 11.1 Å². The van der Waals surface area contributed by atoms with E-state index in [2.05, 4.69) is 9.97 Å². The molecule has 1 aliphatic heterocycles. The van der Waals surface area contributed by atoms with Crippen molar-refractivity contribution in [2.75, 3.05) is 26.2 Å². The molecule has 0 N–H and O–H groups in total. The summed E-state index contributed by atoms with van der Waals surface area (Å²) in [5.41, 5.74) is 2.83. The second kappa shape index (κ2) is 7.19. The summed E-state index contributed by atoms with van der Waals surface area (Å²) < 4.78 is 5.53. The summed E-state index contributed by atoms with van der Waals surface area (Å²) in [4.78, 5) is 37.0. The zero-order valence-electron chi connectivity index (χ0n) is 15.1. The normalized spacial score (nSPS) is 14.6. The quantitative estimate of drug-likeness (QED) is 0.711. The van der Waals surface area contributed by atoms with Crippen LogP contribution in [0.2, 0.25) is 0 Å². The van der Waals surface area contributed by atoms with E-state index in [1.54, 1.807) is 41.1 Å². The molecule has 1 aromatic carbocycles. The highest BCUT2D eigenvalue weighted by molar-refractivity contribution is 5.92. The molecule has 0 atom stereocenters. The number of amides is 2. The van der Waals surface area contributed by atoms with Gasteiger partial charge in [-0.2, -0.15) is 0 Å². The van der Waals surface area contributed by atoms with Gasteiger partial charge in [0.2, 0.25) is 5.91 Å². The van der Waals surface area contributed by atoms with Crippen LogP contribution >= 0.6 is 0 Å². The van der Waals surface area contributed by atoms with Crippen LogP contribution in [-0.4, -0.2) is 57.8 Å². The summed E-state index contributed by atoms with van der Waals surface area (Å²) in [5, 5.41) is 0. The number of oxazole rings is 1. The van der Waals surface area contributed by atoms with Crippen molar-refractivity contribution in [1.29, 1.82) is 0 Å². The van der Waals surface area contributed by atoms with Crippen molar-refractivity contribution < 1.29 is 14.0 Å². The fourth-order valence-corrected chi connectivity index (χ4v) is 3.29. The van der Waals surface area contributed by atoms with E-state index in [0.29, 0.717) is 49.8 Å². The number of nitrogens with zero attached hydrogens (tertiary/aromatic N) is 4. The van der Waals surface area contributed by atoms with Crippen molar-refractivity contribution in [1.82, 2.24) is 19.8 Å². The van der Waals surface area contributed by atoms with Crippen LogP contribution in [0.3, 0.4) is 0 Å². The lowest BCUT2D eigenvalue weighted by molar-refractivity contribution is -0.131. The third-order valence-corrected chi connectivity index (χ3v) is 4.72.